The standard InChI is InChI=1S/C12H18N4O4/c1-20-5-4-16(10-2-3-10)12(19)14-9-6-13-15(7-9)8-11(17)18/h6-7,10H,2-5,8H2,1H3,(H,14,19)(H,17,18). The first kappa shape index (κ1) is 14.3. The maximum atomic E-state index is 12.1. The molecule has 1 aromatic heterocycles. The van der Waals surface area contributed by atoms with E-state index in [2.05, 4.69) is 10.4 Å². The lowest BCUT2D eigenvalue weighted by Gasteiger charge is -2.21. The van der Waals surface area contributed by atoms with Crippen LogP contribution in [0.3, 0.4) is 0 Å². The van der Waals surface area contributed by atoms with Crippen LogP contribution in [-0.2, 0) is 16.1 Å². The normalized spacial score (nSPS) is 14.1. The van der Waals surface area contributed by atoms with Gasteiger partial charge in [0.1, 0.15) is 6.54 Å². The molecule has 20 heavy (non-hydrogen) atoms. The molecule has 1 aliphatic carbocycles. The summed E-state index contributed by atoms with van der Waals surface area (Å²) in [6.45, 7) is 0.796. The van der Waals surface area contributed by atoms with Crippen LogP contribution in [-0.4, -0.2) is 58.1 Å². The topological polar surface area (TPSA) is 96.7 Å². The Bertz CT molecular complexity index is 484. The van der Waals surface area contributed by atoms with Crippen molar-refractivity contribution >= 4 is 17.7 Å². The Labute approximate surface area is 116 Å². The quantitative estimate of drug-likeness (QED) is 0.763. The van der Waals surface area contributed by atoms with Gasteiger partial charge < -0.3 is 20.1 Å². The van der Waals surface area contributed by atoms with Crippen molar-refractivity contribution in [2.45, 2.75) is 25.4 Å². The average molecular weight is 282 g/mol. The molecule has 8 nitrogen and oxygen atoms in total. The Hall–Kier alpha value is -2.09. The van der Waals surface area contributed by atoms with Crippen molar-refractivity contribution < 1.29 is 19.4 Å². The van der Waals surface area contributed by atoms with Crippen molar-refractivity contribution in [1.82, 2.24) is 14.7 Å². The molecule has 1 aliphatic rings. The largest absolute Gasteiger partial charge is 0.480 e. The van der Waals surface area contributed by atoms with E-state index in [4.69, 9.17) is 9.84 Å². The number of carbonyl (C=O) groups is 2. The molecule has 110 valence electrons. The molecule has 1 saturated carbocycles. The Kier molecular flexibility index (Phi) is 4.57. The lowest BCUT2D eigenvalue weighted by Crippen LogP contribution is -2.38. The van der Waals surface area contributed by atoms with Gasteiger partial charge in [0.15, 0.2) is 0 Å². The minimum absolute atomic E-state index is 0.209. The minimum Gasteiger partial charge on any atom is -0.480 e. The highest BCUT2D eigenvalue weighted by molar-refractivity contribution is 5.89. The van der Waals surface area contributed by atoms with Crippen molar-refractivity contribution in [3.05, 3.63) is 12.4 Å². The Morgan fingerprint density at radius 2 is 2.35 bits per heavy atom. The molecule has 0 aliphatic heterocycles. The number of nitrogens with zero attached hydrogens (tertiary/aromatic N) is 3. The van der Waals surface area contributed by atoms with Gasteiger partial charge in [-0.2, -0.15) is 5.10 Å². The van der Waals surface area contributed by atoms with Crippen LogP contribution < -0.4 is 5.32 Å². The van der Waals surface area contributed by atoms with Gasteiger partial charge in [-0.15, -0.1) is 0 Å². The number of anilines is 1. The Morgan fingerprint density at radius 1 is 1.60 bits per heavy atom. The van der Waals surface area contributed by atoms with Crippen LogP contribution in [0.4, 0.5) is 10.5 Å². The molecule has 1 aromatic rings. The monoisotopic (exact) mass is 282 g/mol. The number of urea groups is 1. The van der Waals surface area contributed by atoms with Crippen molar-refractivity contribution in [3.63, 3.8) is 0 Å². The van der Waals surface area contributed by atoms with Crippen LogP contribution in [0.5, 0.6) is 0 Å². The lowest BCUT2D eigenvalue weighted by molar-refractivity contribution is -0.137. The number of hydrogen-bond acceptors (Lipinski definition) is 4. The summed E-state index contributed by atoms with van der Waals surface area (Å²) < 4.78 is 6.25. The van der Waals surface area contributed by atoms with Gasteiger partial charge in [0.25, 0.3) is 0 Å². The van der Waals surface area contributed by atoms with Gasteiger partial charge in [0, 0.05) is 25.9 Å². The number of rotatable bonds is 7. The molecule has 2 N–H and O–H groups in total. The molecule has 0 unspecified atom stereocenters. The van der Waals surface area contributed by atoms with Gasteiger partial charge in [-0.3, -0.25) is 9.48 Å². The summed E-state index contributed by atoms with van der Waals surface area (Å²) in [5, 5.41) is 15.2. The van der Waals surface area contributed by atoms with E-state index in [0.717, 1.165) is 12.8 Å². The van der Waals surface area contributed by atoms with Crippen LogP contribution in [0.1, 0.15) is 12.8 Å². The highest BCUT2D eigenvalue weighted by Gasteiger charge is 2.32. The number of aromatic nitrogens is 2. The van der Waals surface area contributed by atoms with Gasteiger partial charge in [-0.25, -0.2) is 4.79 Å². The molecule has 2 amide bonds. The van der Waals surface area contributed by atoms with Gasteiger partial charge >= 0.3 is 12.0 Å². The van der Waals surface area contributed by atoms with Crippen molar-refractivity contribution in [2.24, 2.45) is 0 Å². The number of aliphatic carboxylic acids is 1. The number of amides is 2. The van der Waals surface area contributed by atoms with E-state index < -0.39 is 5.97 Å². The third kappa shape index (κ3) is 3.95. The third-order valence-corrected chi connectivity index (χ3v) is 2.97. The molecular formula is C12H18N4O4. The summed E-state index contributed by atoms with van der Waals surface area (Å²) in [6, 6.07) is 0.0682. The number of ether oxygens (including phenoxy) is 1. The highest BCUT2D eigenvalue weighted by atomic mass is 16.5. The van der Waals surface area contributed by atoms with Gasteiger partial charge in [-0.1, -0.05) is 0 Å². The van der Waals surface area contributed by atoms with Crippen molar-refractivity contribution in [1.29, 1.82) is 0 Å². The second kappa shape index (κ2) is 6.38. The molecular weight excluding hydrogens is 264 g/mol. The van der Waals surface area contributed by atoms with E-state index in [1.54, 1.807) is 12.0 Å². The first-order valence-corrected chi connectivity index (χ1v) is 6.41. The van der Waals surface area contributed by atoms with E-state index in [0.29, 0.717) is 18.8 Å². The first-order valence-electron chi connectivity index (χ1n) is 6.41. The third-order valence-electron chi connectivity index (χ3n) is 2.97. The number of nitrogens with one attached hydrogen (secondary N) is 1. The number of carbonyl (C=O) groups excluding carboxylic acids is 1. The molecule has 0 spiro atoms. The number of hydrogen-bond donors (Lipinski definition) is 2. The van der Waals surface area contributed by atoms with E-state index in [-0.39, 0.29) is 18.6 Å². The smallest absolute Gasteiger partial charge is 0.325 e. The van der Waals surface area contributed by atoms with Gasteiger partial charge in [0.05, 0.1) is 18.5 Å². The number of methoxy groups -OCH3 is 1. The average Bonchev–Trinajstić information content (AvgIpc) is 3.12. The van der Waals surface area contributed by atoms with Gasteiger partial charge in [-0.05, 0) is 12.8 Å². The Morgan fingerprint density at radius 3 is 2.95 bits per heavy atom. The van der Waals surface area contributed by atoms with E-state index in [1.165, 1.54) is 17.1 Å². The molecule has 0 saturated heterocycles. The maximum absolute atomic E-state index is 12.1. The summed E-state index contributed by atoms with van der Waals surface area (Å²) in [6.07, 6.45) is 4.94. The zero-order chi connectivity index (χ0) is 14.5. The number of carboxylic acids is 1. The fourth-order valence-corrected chi connectivity index (χ4v) is 1.87. The van der Waals surface area contributed by atoms with Crippen LogP contribution in [0.25, 0.3) is 0 Å². The maximum Gasteiger partial charge on any atom is 0.325 e. The minimum atomic E-state index is -0.981. The molecule has 1 heterocycles. The van der Waals surface area contributed by atoms with Crippen LogP contribution >= 0.6 is 0 Å². The fraction of sp³-hybridized carbons (Fsp3) is 0.583. The van der Waals surface area contributed by atoms with Crippen LogP contribution in [0.15, 0.2) is 12.4 Å². The molecule has 0 atom stereocenters. The summed E-state index contributed by atoms with van der Waals surface area (Å²) >= 11 is 0. The summed E-state index contributed by atoms with van der Waals surface area (Å²) in [4.78, 5) is 24.4. The van der Waals surface area contributed by atoms with Crippen LogP contribution in [0.2, 0.25) is 0 Å². The second-order valence-corrected chi connectivity index (χ2v) is 4.67. The number of carboxylic acid groups (broad SMARTS) is 1. The SMILES string of the molecule is COCCN(C(=O)Nc1cnn(CC(=O)O)c1)C1CC1. The van der Waals surface area contributed by atoms with Gasteiger partial charge in [0.2, 0.25) is 0 Å². The lowest BCUT2D eigenvalue weighted by atomic mass is 10.4. The van der Waals surface area contributed by atoms with Crippen molar-refractivity contribution in [3.8, 4) is 0 Å². The second-order valence-electron chi connectivity index (χ2n) is 4.67. The Balaban J connectivity index is 1.91. The fourth-order valence-electron chi connectivity index (χ4n) is 1.87. The predicted octanol–water partition coefficient (Wildman–Crippen LogP) is 0.610. The molecule has 0 bridgehead atoms. The van der Waals surface area contributed by atoms with E-state index in [9.17, 15) is 9.59 Å². The summed E-state index contributed by atoms with van der Waals surface area (Å²) in [5.41, 5.74) is 0.485. The first-order chi connectivity index (χ1) is 9.60. The molecule has 2 rings (SSSR count). The van der Waals surface area contributed by atoms with E-state index in [1.807, 2.05) is 0 Å². The highest BCUT2D eigenvalue weighted by Crippen LogP contribution is 2.27. The van der Waals surface area contributed by atoms with E-state index >= 15 is 0 Å². The molecule has 0 radical (unpaired) electrons. The predicted molar refractivity (Wildman–Crippen MR) is 70.5 cm³/mol. The summed E-state index contributed by atoms with van der Waals surface area (Å²) in [7, 11) is 1.60. The molecule has 0 aromatic carbocycles. The zero-order valence-electron chi connectivity index (χ0n) is 11.3. The summed E-state index contributed by atoms with van der Waals surface area (Å²) in [5.74, 6) is -0.981. The van der Waals surface area contributed by atoms with Crippen LogP contribution in [0, 0.1) is 0 Å². The zero-order valence-corrected chi connectivity index (χ0v) is 11.3. The van der Waals surface area contributed by atoms with Crippen molar-refractivity contribution in [2.75, 3.05) is 25.6 Å². The molecule has 1 fully saturated rings. The molecule has 8 heteroatoms.